The molecule has 1 fully saturated rings. The molecule has 2 N–H and O–H groups in total. The highest BCUT2D eigenvalue weighted by molar-refractivity contribution is 5.67. The lowest BCUT2D eigenvalue weighted by Gasteiger charge is -2.45. The summed E-state index contributed by atoms with van der Waals surface area (Å²) < 4.78 is 39.3. The molecule has 3 rings (SSSR count). The molecule has 1 aromatic rings. The van der Waals surface area contributed by atoms with Gasteiger partial charge in [-0.2, -0.15) is 13.2 Å². The van der Waals surface area contributed by atoms with Crippen LogP contribution in [-0.2, 0) is 4.79 Å². The van der Waals surface area contributed by atoms with Crippen LogP contribution < -0.4 is 0 Å². The zero-order valence-electron chi connectivity index (χ0n) is 18.5. The fraction of sp³-hybridized carbons (Fsp3) is 0.423. The van der Waals surface area contributed by atoms with Gasteiger partial charge in [0.15, 0.2) is 0 Å². The van der Waals surface area contributed by atoms with Crippen molar-refractivity contribution in [3.63, 3.8) is 0 Å². The Kier molecular flexibility index (Phi) is 7.70. The van der Waals surface area contributed by atoms with Crippen LogP contribution in [0.2, 0.25) is 0 Å². The fourth-order valence-electron chi connectivity index (χ4n) is 4.60. The van der Waals surface area contributed by atoms with Gasteiger partial charge in [-0.25, -0.2) is 0 Å². The second-order valence-corrected chi connectivity index (χ2v) is 8.75. The molecule has 4 nitrogen and oxygen atoms in total. The second kappa shape index (κ2) is 10.3. The third-order valence-electron chi connectivity index (χ3n) is 6.18. The molecule has 1 heterocycles. The van der Waals surface area contributed by atoms with Gasteiger partial charge in [-0.15, -0.1) is 0 Å². The lowest BCUT2D eigenvalue weighted by atomic mass is 9.78. The smallest absolute Gasteiger partial charge is 0.416 e. The Morgan fingerprint density at radius 2 is 2.00 bits per heavy atom. The van der Waals surface area contributed by atoms with Gasteiger partial charge in [-0.1, -0.05) is 48.8 Å². The van der Waals surface area contributed by atoms with Gasteiger partial charge >= 0.3 is 12.1 Å². The molecule has 0 radical (unpaired) electrons. The number of carboxylic acid groups (broad SMARTS) is 1. The van der Waals surface area contributed by atoms with E-state index in [2.05, 4.69) is 23.3 Å². The number of piperidine rings is 1. The Labute approximate surface area is 192 Å². The molecule has 1 saturated heterocycles. The predicted molar refractivity (Wildman–Crippen MR) is 120 cm³/mol. The quantitative estimate of drug-likeness (QED) is 0.560. The molecular weight excluding hydrogens is 431 g/mol. The fourth-order valence-corrected chi connectivity index (χ4v) is 4.60. The van der Waals surface area contributed by atoms with Crippen molar-refractivity contribution in [2.24, 2.45) is 11.8 Å². The van der Waals surface area contributed by atoms with Crippen LogP contribution in [0.1, 0.15) is 44.2 Å². The van der Waals surface area contributed by atoms with Crippen LogP contribution in [0.25, 0.3) is 0 Å². The number of likely N-dealkylation sites (tertiary alicyclic amines) is 1. The van der Waals surface area contributed by atoms with E-state index in [1.807, 2.05) is 0 Å². The van der Waals surface area contributed by atoms with Gasteiger partial charge in [0, 0.05) is 19.0 Å². The minimum absolute atomic E-state index is 0.0335. The van der Waals surface area contributed by atoms with Crippen LogP contribution in [0.5, 0.6) is 5.75 Å². The number of hydrogen-bond acceptors (Lipinski definition) is 3. The number of aromatic hydroxyl groups is 1. The Bertz CT molecular complexity index is 998. The van der Waals surface area contributed by atoms with Crippen molar-refractivity contribution in [1.82, 2.24) is 4.90 Å². The first-order valence-electron chi connectivity index (χ1n) is 10.9. The molecule has 33 heavy (non-hydrogen) atoms. The first kappa shape index (κ1) is 24.7. The highest BCUT2D eigenvalue weighted by Gasteiger charge is 2.39. The normalized spacial score (nSPS) is 24.4. The molecule has 1 aliphatic heterocycles. The number of nitrogens with zero attached hydrogens (tertiary/aromatic N) is 1. The van der Waals surface area contributed by atoms with E-state index >= 15 is 0 Å². The Balaban J connectivity index is 1.95. The zero-order valence-corrected chi connectivity index (χ0v) is 18.5. The summed E-state index contributed by atoms with van der Waals surface area (Å²) in [6.07, 6.45) is 1.03. The van der Waals surface area contributed by atoms with Gasteiger partial charge in [0.1, 0.15) is 5.75 Å². The summed E-state index contributed by atoms with van der Waals surface area (Å²) in [6, 6.07) is 6.19. The highest BCUT2D eigenvalue weighted by Crippen LogP contribution is 2.40. The van der Waals surface area contributed by atoms with Crippen molar-refractivity contribution < 1.29 is 28.2 Å². The van der Waals surface area contributed by atoms with Crippen LogP contribution >= 0.6 is 0 Å². The topological polar surface area (TPSA) is 60.8 Å². The molecule has 0 spiro atoms. The lowest BCUT2D eigenvalue weighted by Crippen LogP contribution is -2.48. The molecule has 0 aromatic heterocycles. The number of rotatable bonds is 5. The number of halogens is 3. The number of aliphatic carboxylic acids is 1. The van der Waals surface area contributed by atoms with Crippen molar-refractivity contribution in [2.45, 2.75) is 50.9 Å². The van der Waals surface area contributed by atoms with Gasteiger partial charge in [0.25, 0.3) is 0 Å². The number of hydrogen-bond donors (Lipinski definition) is 2. The van der Waals surface area contributed by atoms with E-state index in [1.54, 1.807) is 37.3 Å². The molecule has 1 aliphatic carbocycles. The maximum Gasteiger partial charge on any atom is 0.416 e. The summed E-state index contributed by atoms with van der Waals surface area (Å²) >= 11 is 0. The molecule has 0 saturated carbocycles. The molecule has 7 heteroatoms. The summed E-state index contributed by atoms with van der Waals surface area (Å²) in [4.78, 5) is 13.5. The average molecular weight is 460 g/mol. The van der Waals surface area contributed by atoms with E-state index < -0.39 is 17.7 Å². The highest BCUT2D eigenvalue weighted by atomic mass is 19.4. The van der Waals surface area contributed by atoms with Crippen molar-refractivity contribution in [1.29, 1.82) is 0 Å². The average Bonchev–Trinajstić information content (AvgIpc) is 2.74. The van der Waals surface area contributed by atoms with Crippen LogP contribution in [0, 0.1) is 23.7 Å². The van der Waals surface area contributed by atoms with Crippen molar-refractivity contribution in [3.8, 4) is 17.6 Å². The minimum Gasteiger partial charge on any atom is -0.508 e. The standard InChI is InChI=1S/C26H28F3NO3/c1-17(2)3-12-23(19-6-10-22(31)11-7-19)30-14-13-18(16-25(32)33)15-24(30)20-4-8-21(9-5-20)26(27,28)29/h4,6-11,18,20,23-24,31H,1,5,13-16H2,2H3,(H,32,33)/t18-,20?,23-,24+/m0/s1. The monoisotopic (exact) mass is 459 g/mol. The number of carboxylic acids is 1. The van der Waals surface area contributed by atoms with E-state index in [1.165, 1.54) is 6.08 Å². The van der Waals surface area contributed by atoms with E-state index in [0.717, 1.165) is 11.6 Å². The van der Waals surface area contributed by atoms with Crippen LogP contribution in [0.4, 0.5) is 13.2 Å². The Hall–Kier alpha value is -2.98. The van der Waals surface area contributed by atoms with E-state index in [9.17, 15) is 28.2 Å². The first-order valence-corrected chi connectivity index (χ1v) is 10.9. The molecule has 0 amide bonds. The van der Waals surface area contributed by atoms with E-state index in [0.29, 0.717) is 25.0 Å². The number of benzene rings is 1. The second-order valence-electron chi connectivity index (χ2n) is 8.75. The third kappa shape index (κ3) is 6.52. The summed E-state index contributed by atoms with van der Waals surface area (Å²) in [5.74, 6) is 5.27. The maximum absolute atomic E-state index is 13.1. The number of phenols is 1. The minimum atomic E-state index is -4.39. The predicted octanol–water partition coefficient (Wildman–Crippen LogP) is 5.63. The molecule has 2 aliphatic rings. The lowest BCUT2D eigenvalue weighted by molar-refractivity contribution is -0.138. The number of phenolic OH excluding ortho intramolecular Hbond substituents is 1. The number of carbonyl (C=O) groups is 1. The number of allylic oxidation sites excluding steroid dienone is 4. The largest absolute Gasteiger partial charge is 0.508 e. The Morgan fingerprint density at radius 1 is 1.30 bits per heavy atom. The van der Waals surface area contributed by atoms with Crippen molar-refractivity contribution in [2.75, 3.05) is 6.54 Å². The van der Waals surface area contributed by atoms with Gasteiger partial charge < -0.3 is 10.2 Å². The van der Waals surface area contributed by atoms with E-state index in [4.69, 9.17) is 0 Å². The third-order valence-corrected chi connectivity index (χ3v) is 6.18. The van der Waals surface area contributed by atoms with Gasteiger partial charge in [0.2, 0.25) is 0 Å². The molecular formula is C26H28F3NO3. The first-order chi connectivity index (χ1) is 15.5. The molecule has 1 aromatic carbocycles. The zero-order chi connectivity index (χ0) is 24.2. The summed E-state index contributed by atoms with van der Waals surface area (Å²) in [6.45, 7) is 6.21. The van der Waals surface area contributed by atoms with Crippen LogP contribution in [0.3, 0.4) is 0 Å². The van der Waals surface area contributed by atoms with E-state index in [-0.39, 0.29) is 42.5 Å². The van der Waals surface area contributed by atoms with Gasteiger partial charge in [-0.3, -0.25) is 9.69 Å². The van der Waals surface area contributed by atoms with Crippen molar-refractivity contribution in [3.05, 3.63) is 65.8 Å². The SMILES string of the molecule is C=C(C)C#C[C@@H](c1ccc(O)cc1)N1CC[C@H](CC(=O)O)C[C@@H]1C1C=CC(C(F)(F)F)=CC1. The molecule has 4 atom stereocenters. The maximum atomic E-state index is 13.1. The molecule has 1 unspecified atom stereocenters. The van der Waals surface area contributed by atoms with Crippen LogP contribution in [0.15, 0.2) is 60.2 Å². The Morgan fingerprint density at radius 3 is 2.55 bits per heavy atom. The number of alkyl halides is 3. The van der Waals surface area contributed by atoms with Crippen LogP contribution in [-0.4, -0.2) is 39.8 Å². The van der Waals surface area contributed by atoms with Gasteiger partial charge in [-0.05, 0) is 61.3 Å². The summed E-state index contributed by atoms with van der Waals surface area (Å²) in [5, 5.41) is 19.0. The van der Waals surface area contributed by atoms with Crippen molar-refractivity contribution >= 4 is 5.97 Å². The van der Waals surface area contributed by atoms with Gasteiger partial charge in [0.05, 0.1) is 11.6 Å². The molecule has 176 valence electrons. The summed E-state index contributed by atoms with van der Waals surface area (Å²) in [7, 11) is 0. The summed E-state index contributed by atoms with van der Waals surface area (Å²) in [5.41, 5.74) is 0.890. The molecule has 0 bridgehead atoms.